The molecule has 0 spiro atoms. The summed E-state index contributed by atoms with van der Waals surface area (Å²) in [5, 5.41) is 6.00. The van der Waals surface area contributed by atoms with E-state index in [-0.39, 0.29) is 5.56 Å². The van der Waals surface area contributed by atoms with E-state index < -0.39 is 17.5 Å². The van der Waals surface area contributed by atoms with Crippen molar-refractivity contribution in [1.29, 1.82) is 0 Å². The Morgan fingerprint density at radius 1 is 0.896 bits per heavy atom. The average molecular weight is 645 g/mol. The third-order valence-electron chi connectivity index (χ3n) is 8.58. The number of carbonyl (C=O) groups excluding carboxylic acids is 1. The Hall–Kier alpha value is -5.52. The molecule has 242 valence electrons. The summed E-state index contributed by atoms with van der Waals surface area (Å²) < 4.78 is 30.0. The first-order chi connectivity index (χ1) is 23.4. The van der Waals surface area contributed by atoms with Crippen LogP contribution in [0.25, 0.3) is 28.3 Å². The number of piperidine rings is 1. The number of anilines is 3. The molecule has 48 heavy (non-hydrogen) atoms. The number of carbonyl (C=O) groups is 1. The smallest absolute Gasteiger partial charge is 0.258 e. The van der Waals surface area contributed by atoms with Crippen molar-refractivity contribution in [3.63, 3.8) is 0 Å². The number of nitrogens with one attached hydrogen (secondary N) is 2. The Bertz CT molecular complexity index is 2070. The van der Waals surface area contributed by atoms with E-state index in [1.807, 2.05) is 53.1 Å². The molecule has 4 N–H and O–H groups in total. The lowest BCUT2D eigenvalue weighted by Gasteiger charge is -2.29. The molecule has 1 aliphatic heterocycles. The van der Waals surface area contributed by atoms with E-state index >= 15 is 0 Å². The number of aromatic nitrogens is 4. The van der Waals surface area contributed by atoms with Gasteiger partial charge in [0.1, 0.15) is 5.65 Å². The van der Waals surface area contributed by atoms with Gasteiger partial charge in [0.05, 0.1) is 22.6 Å². The lowest BCUT2D eigenvalue weighted by atomic mass is 10.1. The number of hydrogen-bond donors (Lipinski definition) is 3. The number of likely N-dealkylation sites (tertiary alicyclic amines) is 1. The van der Waals surface area contributed by atoms with Crippen molar-refractivity contribution in [2.24, 2.45) is 5.73 Å². The highest BCUT2D eigenvalue weighted by molar-refractivity contribution is 6.04. The number of hydrogen-bond acceptors (Lipinski definition) is 7. The summed E-state index contributed by atoms with van der Waals surface area (Å²) in [5.74, 6) is -2.61. The largest absolute Gasteiger partial charge is 0.328 e. The highest BCUT2D eigenvalue weighted by atomic mass is 19.2. The van der Waals surface area contributed by atoms with Gasteiger partial charge >= 0.3 is 0 Å². The predicted molar refractivity (Wildman–Crippen MR) is 183 cm³/mol. The molecular formula is C37H34F2N8O. The standard InChI is InChI=1S/C37H34F2N8O/c38-30-8-4-7-29(33(30)39)36(48)42-28-6-3-5-25(23-28)34-35(47-19-2-1-9-32(47)45-34)31-14-18-41-37(44-31)43-27-12-10-24(11-13-27)15-20-46-21-16-26(40)17-22-46/h1-14,18-19,23,26H,15-17,20-22,40H2,(H,42,48)(H,41,43,44). The molecule has 0 unspecified atom stereocenters. The van der Waals surface area contributed by atoms with Crippen molar-refractivity contribution < 1.29 is 13.6 Å². The minimum atomic E-state index is -1.20. The Balaban J connectivity index is 1.12. The number of rotatable bonds is 9. The number of amides is 1. The van der Waals surface area contributed by atoms with Crippen LogP contribution in [-0.2, 0) is 6.42 Å². The summed E-state index contributed by atoms with van der Waals surface area (Å²) in [4.78, 5) is 29.5. The average Bonchev–Trinajstić information content (AvgIpc) is 3.50. The molecule has 0 atom stereocenters. The second kappa shape index (κ2) is 13.7. The lowest BCUT2D eigenvalue weighted by molar-refractivity contribution is 0.102. The zero-order valence-electron chi connectivity index (χ0n) is 26.1. The molecule has 0 aliphatic carbocycles. The zero-order valence-corrected chi connectivity index (χ0v) is 26.1. The molecule has 3 aromatic heterocycles. The predicted octanol–water partition coefficient (Wildman–Crippen LogP) is 6.70. The Kier molecular flexibility index (Phi) is 8.87. The third kappa shape index (κ3) is 6.78. The van der Waals surface area contributed by atoms with Crippen molar-refractivity contribution in [3.8, 4) is 22.6 Å². The van der Waals surface area contributed by atoms with Gasteiger partial charge in [0.25, 0.3) is 5.91 Å². The van der Waals surface area contributed by atoms with Gasteiger partial charge in [0.2, 0.25) is 5.95 Å². The zero-order chi connectivity index (χ0) is 33.0. The number of nitrogens with two attached hydrogens (primary N) is 1. The second-order valence-corrected chi connectivity index (χ2v) is 11.9. The highest BCUT2D eigenvalue weighted by Gasteiger charge is 2.20. The summed E-state index contributed by atoms with van der Waals surface area (Å²) in [7, 11) is 0. The van der Waals surface area contributed by atoms with Gasteiger partial charge in [-0.3, -0.25) is 9.20 Å². The van der Waals surface area contributed by atoms with E-state index in [0.717, 1.165) is 56.3 Å². The Labute approximate surface area is 276 Å². The van der Waals surface area contributed by atoms with Crippen molar-refractivity contribution in [2.75, 3.05) is 30.3 Å². The number of imidazole rings is 1. The van der Waals surface area contributed by atoms with Crippen LogP contribution in [0.4, 0.5) is 26.1 Å². The van der Waals surface area contributed by atoms with E-state index in [1.54, 1.807) is 24.4 Å². The molecule has 4 heterocycles. The first-order valence-electron chi connectivity index (χ1n) is 15.9. The Morgan fingerprint density at radius 2 is 1.71 bits per heavy atom. The topological polar surface area (TPSA) is 113 Å². The molecule has 3 aromatic carbocycles. The van der Waals surface area contributed by atoms with Crippen molar-refractivity contribution in [1.82, 2.24) is 24.3 Å². The van der Waals surface area contributed by atoms with Crippen molar-refractivity contribution in [2.45, 2.75) is 25.3 Å². The van der Waals surface area contributed by atoms with E-state index in [0.29, 0.717) is 40.3 Å². The Morgan fingerprint density at radius 3 is 2.54 bits per heavy atom. The molecular weight excluding hydrogens is 610 g/mol. The molecule has 1 aliphatic rings. The fraction of sp³-hybridized carbons (Fsp3) is 0.189. The number of halogens is 2. The maximum Gasteiger partial charge on any atom is 0.258 e. The van der Waals surface area contributed by atoms with Gasteiger partial charge in [-0.2, -0.15) is 0 Å². The monoisotopic (exact) mass is 644 g/mol. The van der Waals surface area contributed by atoms with E-state index in [2.05, 4.69) is 32.7 Å². The van der Waals surface area contributed by atoms with Crippen LogP contribution in [0.3, 0.4) is 0 Å². The third-order valence-corrected chi connectivity index (χ3v) is 8.58. The fourth-order valence-corrected chi connectivity index (χ4v) is 5.96. The van der Waals surface area contributed by atoms with Gasteiger partial charge in [0, 0.05) is 41.9 Å². The highest BCUT2D eigenvalue weighted by Crippen LogP contribution is 2.33. The number of pyridine rings is 1. The molecule has 0 bridgehead atoms. The number of benzene rings is 3. The van der Waals surface area contributed by atoms with Crippen LogP contribution in [0, 0.1) is 11.6 Å². The van der Waals surface area contributed by atoms with E-state index in [9.17, 15) is 13.6 Å². The van der Waals surface area contributed by atoms with Crippen LogP contribution >= 0.6 is 0 Å². The van der Waals surface area contributed by atoms with Gasteiger partial charge in [-0.25, -0.2) is 23.7 Å². The van der Waals surface area contributed by atoms with Gasteiger partial charge in [0.15, 0.2) is 11.6 Å². The summed E-state index contributed by atoms with van der Waals surface area (Å²) in [5.41, 5.74) is 11.6. The normalized spacial score (nSPS) is 13.9. The van der Waals surface area contributed by atoms with Crippen LogP contribution < -0.4 is 16.4 Å². The summed E-state index contributed by atoms with van der Waals surface area (Å²) in [6.45, 7) is 3.14. The quantitative estimate of drug-likeness (QED) is 0.161. The maximum atomic E-state index is 14.3. The minimum absolute atomic E-state index is 0.333. The SMILES string of the molecule is NC1CCN(CCc2ccc(Nc3nccc(-c4c(-c5cccc(NC(=O)c6cccc(F)c6F)c5)nc5ccccn45)n3)cc2)CC1. The summed E-state index contributed by atoms with van der Waals surface area (Å²) in [6, 6.07) is 26.7. The lowest BCUT2D eigenvalue weighted by Crippen LogP contribution is -2.40. The molecule has 6 aromatic rings. The minimum Gasteiger partial charge on any atom is -0.328 e. The van der Waals surface area contributed by atoms with Crippen LogP contribution in [0.2, 0.25) is 0 Å². The van der Waals surface area contributed by atoms with Crippen molar-refractivity contribution in [3.05, 3.63) is 126 Å². The van der Waals surface area contributed by atoms with Gasteiger partial charge in [-0.1, -0.05) is 36.4 Å². The molecule has 7 rings (SSSR count). The molecule has 1 fully saturated rings. The van der Waals surface area contributed by atoms with Crippen LogP contribution in [-0.4, -0.2) is 55.8 Å². The number of fused-ring (bicyclic) bond motifs is 1. The second-order valence-electron chi connectivity index (χ2n) is 11.9. The fourth-order valence-electron chi connectivity index (χ4n) is 5.96. The van der Waals surface area contributed by atoms with Crippen LogP contribution in [0.5, 0.6) is 0 Å². The van der Waals surface area contributed by atoms with Gasteiger partial charge < -0.3 is 21.3 Å². The molecule has 9 nitrogen and oxygen atoms in total. The number of nitrogens with zero attached hydrogens (tertiary/aromatic N) is 5. The van der Waals surface area contributed by atoms with E-state index in [4.69, 9.17) is 15.7 Å². The van der Waals surface area contributed by atoms with Crippen LogP contribution in [0.1, 0.15) is 28.8 Å². The maximum absolute atomic E-state index is 14.3. The first-order valence-corrected chi connectivity index (χ1v) is 15.9. The van der Waals surface area contributed by atoms with E-state index in [1.165, 1.54) is 17.7 Å². The molecule has 0 radical (unpaired) electrons. The summed E-state index contributed by atoms with van der Waals surface area (Å²) >= 11 is 0. The summed E-state index contributed by atoms with van der Waals surface area (Å²) in [6.07, 6.45) is 6.70. The van der Waals surface area contributed by atoms with Gasteiger partial charge in [-0.15, -0.1) is 0 Å². The molecule has 1 amide bonds. The van der Waals surface area contributed by atoms with Crippen molar-refractivity contribution >= 4 is 28.9 Å². The molecule has 11 heteroatoms. The van der Waals surface area contributed by atoms with Crippen LogP contribution in [0.15, 0.2) is 103 Å². The first kappa shape index (κ1) is 31.1. The molecule has 1 saturated heterocycles. The molecule has 0 saturated carbocycles. The van der Waals surface area contributed by atoms with Gasteiger partial charge in [-0.05, 0) is 92.5 Å².